The van der Waals surface area contributed by atoms with E-state index in [9.17, 15) is 9.18 Å². The predicted octanol–water partition coefficient (Wildman–Crippen LogP) is 1.63. The van der Waals surface area contributed by atoms with Crippen LogP contribution >= 0.6 is 0 Å². The molecule has 0 aromatic carbocycles. The van der Waals surface area contributed by atoms with Crippen molar-refractivity contribution in [2.75, 3.05) is 31.5 Å². The molecule has 8 heteroatoms. The topological polar surface area (TPSA) is 83.4 Å². The van der Waals surface area contributed by atoms with Gasteiger partial charge in [0.1, 0.15) is 5.82 Å². The summed E-state index contributed by atoms with van der Waals surface area (Å²) in [5.41, 5.74) is 2.79. The monoisotopic (exact) mass is 378 g/mol. The number of aromatic nitrogens is 3. The number of hydrogen-bond acceptors (Lipinski definition) is 5. The number of amides is 1. The third-order valence-electron chi connectivity index (χ3n) is 5.20. The molecule has 3 N–H and O–H groups in total. The average molecular weight is 378 g/mol. The minimum absolute atomic E-state index is 0.00820. The van der Waals surface area contributed by atoms with Gasteiger partial charge in [0.05, 0.1) is 23.8 Å². The molecule has 0 aliphatic carbocycles. The second-order valence-corrected chi connectivity index (χ2v) is 7.14. The van der Waals surface area contributed by atoms with E-state index in [1.54, 1.807) is 10.7 Å². The van der Waals surface area contributed by atoms with Gasteiger partial charge in [0.2, 0.25) is 0 Å². The number of carbonyl (C=O) groups excluding carboxylic acids is 1. The normalized spacial score (nSPS) is 17.2. The summed E-state index contributed by atoms with van der Waals surface area (Å²) in [4.78, 5) is 17.0. The SMILES string of the molecule is O=C(NCC1(F)CNC1)c1cnn2ccc(C3=CCNc4ncccc43)cc12. The summed E-state index contributed by atoms with van der Waals surface area (Å²) in [6.07, 6.45) is 7.20. The van der Waals surface area contributed by atoms with Crippen molar-refractivity contribution in [2.24, 2.45) is 0 Å². The van der Waals surface area contributed by atoms with Crippen LogP contribution < -0.4 is 16.0 Å². The molecule has 3 aromatic rings. The summed E-state index contributed by atoms with van der Waals surface area (Å²) in [5, 5.41) is 13.1. The minimum atomic E-state index is -1.36. The fraction of sp³-hybridized carbons (Fsp3) is 0.250. The smallest absolute Gasteiger partial charge is 0.255 e. The number of fused-ring (bicyclic) bond motifs is 2. The van der Waals surface area contributed by atoms with Crippen molar-refractivity contribution in [3.05, 3.63) is 65.6 Å². The molecular weight excluding hydrogens is 359 g/mol. The van der Waals surface area contributed by atoms with Crippen LogP contribution in [0.25, 0.3) is 11.1 Å². The summed E-state index contributed by atoms with van der Waals surface area (Å²) in [6.45, 7) is 1.21. The molecule has 1 fully saturated rings. The van der Waals surface area contributed by atoms with Gasteiger partial charge in [-0.05, 0) is 35.4 Å². The van der Waals surface area contributed by atoms with Crippen molar-refractivity contribution in [1.29, 1.82) is 0 Å². The van der Waals surface area contributed by atoms with Crippen LogP contribution in [0, 0.1) is 0 Å². The molecule has 1 amide bonds. The van der Waals surface area contributed by atoms with Crippen molar-refractivity contribution in [2.45, 2.75) is 5.67 Å². The zero-order valence-corrected chi connectivity index (χ0v) is 15.1. The van der Waals surface area contributed by atoms with Crippen molar-refractivity contribution >= 4 is 22.8 Å². The maximum atomic E-state index is 14.2. The third kappa shape index (κ3) is 2.82. The number of alkyl halides is 1. The van der Waals surface area contributed by atoms with E-state index in [-0.39, 0.29) is 25.5 Å². The number of hydrogen-bond donors (Lipinski definition) is 3. The highest BCUT2D eigenvalue weighted by atomic mass is 19.1. The second-order valence-electron chi connectivity index (χ2n) is 7.14. The van der Waals surface area contributed by atoms with Gasteiger partial charge in [-0.25, -0.2) is 13.9 Å². The predicted molar refractivity (Wildman–Crippen MR) is 104 cm³/mol. The fourth-order valence-corrected chi connectivity index (χ4v) is 3.57. The molecule has 0 saturated carbocycles. The number of nitrogens with one attached hydrogen (secondary N) is 3. The summed E-state index contributed by atoms with van der Waals surface area (Å²) in [7, 11) is 0. The standard InChI is InChI=1S/C20H19FN6O/c21-20(10-22-11-20)12-25-19(28)16-9-26-27-7-4-13(8-17(16)27)14-3-6-24-18-15(14)2-1-5-23-18/h1-5,7-9,22H,6,10-12H2,(H,23,24)(H,25,28). The summed E-state index contributed by atoms with van der Waals surface area (Å²) in [5.74, 6) is 0.520. The lowest BCUT2D eigenvalue weighted by Crippen LogP contribution is -2.61. The van der Waals surface area contributed by atoms with Gasteiger partial charge in [-0.1, -0.05) is 6.08 Å². The van der Waals surface area contributed by atoms with Crippen LogP contribution in [0.1, 0.15) is 21.5 Å². The number of rotatable bonds is 4. The molecule has 2 aliphatic heterocycles. The molecule has 0 spiro atoms. The number of halogens is 1. The lowest BCUT2D eigenvalue weighted by atomic mass is 9.96. The first-order chi connectivity index (χ1) is 13.6. The van der Waals surface area contributed by atoms with E-state index in [0.717, 1.165) is 22.5 Å². The highest BCUT2D eigenvalue weighted by Crippen LogP contribution is 2.31. The van der Waals surface area contributed by atoms with Gasteiger partial charge in [-0.2, -0.15) is 5.10 Å². The van der Waals surface area contributed by atoms with E-state index in [1.807, 2.05) is 30.5 Å². The maximum absolute atomic E-state index is 14.2. The molecule has 7 nitrogen and oxygen atoms in total. The Morgan fingerprint density at radius 1 is 1.36 bits per heavy atom. The first kappa shape index (κ1) is 16.9. The van der Waals surface area contributed by atoms with Gasteiger partial charge in [-0.15, -0.1) is 0 Å². The number of anilines is 1. The lowest BCUT2D eigenvalue weighted by molar-refractivity contribution is 0.0750. The molecule has 0 atom stereocenters. The number of carbonyl (C=O) groups is 1. The highest BCUT2D eigenvalue weighted by Gasteiger charge is 2.37. The van der Waals surface area contributed by atoms with Gasteiger partial charge in [0.15, 0.2) is 5.67 Å². The first-order valence-electron chi connectivity index (χ1n) is 9.18. The molecule has 0 unspecified atom stereocenters. The van der Waals surface area contributed by atoms with Crippen molar-refractivity contribution in [3.63, 3.8) is 0 Å². The Hall–Kier alpha value is -3.26. The largest absolute Gasteiger partial charge is 0.366 e. The fourth-order valence-electron chi connectivity index (χ4n) is 3.57. The Morgan fingerprint density at radius 2 is 2.25 bits per heavy atom. The van der Waals surface area contributed by atoms with Gasteiger partial charge in [0, 0.05) is 37.6 Å². The van der Waals surface area contributed by atoms with Crippen LogP contribution in [0.5, 0.6) is 0 Å². The van der Waals surface area contributed by atoms with Crippen LogP contribution in [0.15, 0.2) is 48.9 Å². The van der Waals surface area contributed by atoms with E-state index >= 15 is 0 Å². The van der Waals surface area contributed by atoms with Crippen LogP contribution in [0.4, 0.5) is 10.2 Å². The maximum Gasteiger partial charge on any atom is 0.255 e. The Balaban J connectivity index is 1.47. The highest BCUT2D eigenvalue weighted by molar-refractivity contribution is 6.01. The Labute approximate surface area is 160 Å². The van der Waals surface area contributed by atoms with E-state index in [1.165, 1.54) is 6.20 Å². The molecule has 3 aromatic heterocycles. The summed E-state index contributed by atoms with van der Waals surface area (Å²) in [6, 6.07) is 7.82. The molecule has 0 bridgehead atoms. The van der Waals surface area contributed by atoms with E-state index in [2.05, 4.69) is 32.1 Å². The Kier molecular flexibility index (Phi) is 3.87. The number of nitrogens with zero attached hydrogens (tertiary/aromatic N) is 3. The van der Waals surface area contributed by atoms with Crippen molar-refractivity contribution in [1.82, 2.24) is 25.2 Å². The first-order valence-corrected chi connectivity index (χ1v) is 9.18. The lowest BCUT2D eigenvalue weighted by Gasteiger charge is -2.34. The van der Waals surface area contributed by atoms with E-state index < -0.39 is 5.67 Å². The molecule has 28 heavy (non-hydrogen) atoms. The van der Waals surface area contributed by atoms with Gasteiger partial charge in [-0.3, -0.25) is 4.79 Å². The zero-order valence-electron chi connectivity index (χ0n) is 15.1. The van der Waals surface area contributed by atoms with E-state index in [4.69, 9.17) is 0 Å². The summed E-state index contributed by atoms with van der Waals surface area (Å²) >= 11 is 0. The van der Waals surface area contributed by atoms with Gasteiger partial charge >= 0.3 is 0 Å². The Bertz CT molecular complexity index is 1100. The molecule has 2 aliphatic rings. The average Bonchev–Trinajstić information content (AvgIpc) is 3.13. The van der Waals surface area contributed by atoms with Gasteiger partial charge < -0.3 is 16.0 Å². The third-order valence-corrected chi connectivity index (χ3v) is 5.20. The van der Waals surface area contributed by atoms with Gasteiger partial charge in [0.25, 0.3) is 5.91 Å². The molecule has 5 heterocycles. The number of pyridine rings is 2. The molecule has 5 rings (SSSR count). The van der Waals surface area contributed by atoms with Crippen molar-refractivity contribution < 1.29 is 9.18 Å². The molecular formula is C20H19FN6O. The van der Waals surface area contributed by atoms with Crippen molar-refractivity contribution in [3.8, 4) is 0 Å². The molecule has 0 radical (unpaired) electrons. The minimum Gasteiger partial charge on any atom is -0.366 e. The molecule has 142 valence electrons. The van der Waals surface area contributed by atoms with Crippen LogP contribution in [0.2, 0.25) is 0 Å². The van der Waals surface area contributed by atoms with E-state index in [0.29, 0.717) is 17.6 Å². The Morgan fingerprint density at radius 3 is 3.07 bits per heavy atom. The zero-order chi connectivity index (χ0) is 19.1. The summed E-state index contributed by atoms with van der Waals surface area (Å²) < 4.78 is 15.8. The quantitative estimate of drug-likeness (QED) is 0.643. The van der Waals surface area contributed by atoms with Crippen LogP contribution in [-0.2, 0) is 0 Å². The second kappa shape index (κ2) is 6.42. The van der Waals surface area contributed by atoms with Crippen LogP contribution in [0.3, 0.4) is 0 Å². The molecule has 1 saturated heterocycles. The van der Waals surface area contributed by atoms with Crippen LogP contribution in [-0.4, -0.2) is 52.4 Å².